The third-order valence-electron chi connectivity index (χ3n) is 3.91. The summed E-state index contributed by atoms with van der Waals surface area (Å²) >= 11 is 0. The molecule has 8 nitrogen and oxygen atoms in total. The average Bonchev–Trinajstić information content (AvgIpc) is 2.75. The number of carbonyl (C=O) groups is 2. The Hall–Kier alpha value is -3.94. The molecule has 0 fully saturated rings. The van der Waals surface area contributed by atoms with Crippen molar-refractivity contribution in [3.8, 4) is 0 Å². The third-order valence-corrected chi connectivity index (χ3v) is 3.91. The number of ether oxygens (including phenoxy) is 2. The quantitative estimate of drug-likeness (QED) is 0.583. The summed E-state index contributed by atoms with van der Waals surface area (Å²) in [7, 11) is 1.34. The highest BCUT2D eigenvalue weighted by molar-refractivity contribution is 5.90. The van der Waals surface area contributed by atoms with Crippen molar-refractivity contribution in [2.75, 3.05) is 24.4 Å². The lowest BCUT2D eigenvalue weighted by atomic mass is 10.2. The van der Waals surface area contributed by atoms with E-state index < -0.39 is 0 Å². The van der Waals surface area contributed by atoms with Gasteiger partial charge in [0.25, 0.3) is 0 Å². The fraction of sp³-hybridized carbons (Fsp3) is 0.143. The monoisotopic (exact) mass is 392 g/mol. The molecule has 2 aromatic carbocycles. The van der Waals surface area contributed by atoms with Crippen molar-refractivity contribution in [2.45, 2.75) is 6.92 Å². The summed E-state index contributed by atoms with van der Waals surface area (Å²) < 4.78 is 9.66. The minimum absolute atomic E-state index is 0.334. The number of hydrogen-bond acceptors (Lipinski definition) is 8. The molecule has 0 aliphatic rings. The van der Waals surface area contributed by atoms with E-state index in [1.807, 2.05) is 0 Å². The molecule has 0 aliphatic carbocycles. The van der Waals surface area contributed by atoms with Crippen LogP contribution in [0.3, 0.4) is 0 Å². The first kappa shape index (κ1) is 19.8. The molecule has 1 aromatic heterocycles. The van der Waals surface area contributed by atoms with Crippen LogP contribution < -0.4 is 10.6 Å². The van der Waals surface area contributed by atoms with E-state index in [1.54, 1.807) is 61.5 Å². The lowest BCUT2D eigenvalue weighted by Crippen LogP contribution is -2.04. The first-order chi connectivity index (χ1) is 14.1. The maximum Gasteiger partial charge on any atom is 0.338 e. The highest BCUT2D eigenvalue weighted by Gasteiger charge is 2.07. The summed E-state index contributed by atoms with van der Waals surface area (Å²) in [5.74, 6) is 0.416. The Kier molecular flexibility index (Phi) is 6.36. The van der Waals surface area contributed by atoms with E-state index in [4.69, 9.17) is 4.74 Å². The predicted molar refractivity (Wildman–Crippen MR) is 109 cm³/mol. The molecule has 148 valence electrons. The molecule has 2 N–H and O–H groups in total. The lowest BCUT2D eigenvalue weighted by Gasteiger charge is -2.09. The minimum atomic E-state index is -0.390. The summed E-state index contributed by atoms with van der Waals surface area (Å²) in [5.41, 5.74) is 2.48. The van der Waals surface area contributed by atoms with E-state index in [1.165, 1.54) is 13.4 Å². The second-order valence-corrected chi connectivity index (χ2v) is 5.91. The van der Waals surface area contributed by atoms with Gasteiger partial charge in [0.1, 0.15) is 18.0 Å². The standard InChI is InChI=1S/C21H20N4O4/c1-3-29-21(27)15-6-10-17(11-7-15)25-19-12-18(22-13-23-19)24-16-8-4-14(5-9-16)20(26)28-2/h4-13H,3H2,1-2H3,(H2,22,23,24,25). The fourth-order valence-corrected chi connectivity index (χ4v) is 2.50. The summed E-state index contributed by atoms with van der Waals surface area (Å²) in [6, 6.07) is 15.5. The second-order valence-electron chi connectivity index (χ2n) is 5.91. The van der Waals surface area contributed by atoms with Gasteiger partial charge in [-0.15, -0.1) is 0 Å². The van der Waals surface area contributed by atoms with Crippen LogP contribution >= 0.6 is 0 Å². The van der Waals surface area contributed by atoms with Crippen molar-refractivity contribution >= 4 is 34.9 Å². The van der Waals surface area contributed by atoms with E-state index in [0.717, 1.165) is 11.4 Å². The number of benzene rings is 2. The molecule has 0 aliphatic heterocycles. The Labute approximate surface area is 167 Å². The fourth-order valence-electron chi connectivity index (χ4n) is 2.50. The number of rotatable bonds is 7. The maximum atomic E-state index is 11.7. The third kappa shape index (κ3) is 5.29. The van der Waals surface area contributed by atoms with Gasteiger partial charge in [-0.05, 0) is 55.5 Å². The van der Waals surface area contributed by atoms with Crippen LogP contribution in [0.4, 0.5) is 23.0 Å². The van der Waals surface area contributed by atoms with Crippen molar-refractivity contribution in [1.82, 2.24) is 9.97 Å². The first-order valence-electron chi connectivity index (χ1n) is 8.90. The molecule has 3 aromatic rings. The topological polar surface area (TPSA) is 102 Å². The molecule has 0 unspecified atom stereocenters. The molecular weight excluding hydrogens is 372 g/mol. The van der Waals surface area contributed by atoms with Gasteiger partial charge in [0.15, 0.2) is 0 Å². The number of aromatic nitrogens is 2. The smallest absolute Gasteiger partial charge is 0.338 e. The molecule has 0 atom stereocenters. The van der Waals surface area contributed by atoms with Crippen LogP contribution in [0, 0.1) is 0 Å². The van der Waals surface area contributed by atoms with Crippen molar-refractivity contribution in [2.24, 2.45) is 0 Å². The Balaban J connectivity index is 1.66. The zero-order chi connectivity index (χ0) is 20.6. The van der Waals surface area contributed by atoms with E-state index in [2.05, 4.69) is 25.3 Å². The lowest BCUT2D eigenvalue weighted by molar-refractivity contribution is 0.0525. The number of nitrogens with zero attached hydrogens (tertiary/aromatic N) is 2. The van der Waals surface area contributed by atoms with Gasteiger partial charge in [-0.2, -0.15) is 0 Å². The highest BCUT2D eigenvalue weighted by atomic mass is 16.5. The minimum Gasteiger partial charge on any atom is -0.465 e. The molecule has 0 spiro atoms. The van der Waals surface area contributed by atoms with Crippen molar-refractivity contribution < 1.29 is 19.1 Å². The molecule has 1 heterocycles. The molecule has 0 bridgehead atoms. The average molecular weight is 392 g/mol. The molecule has 0 saturated heterocycles. The summed E-state index contributed by atoms with van der Waals surface area (Å²) in [4.78, 5) is 31.6. The predicted octanol–water partition coefficient (Wildman–Crippen LogP) is 3.93. The first-order valence-corrected chi connectivity index (χ1v) is 8.90. The number of anilines is 4. The summed E-state index contributed by atoms with van der Waals surface area (Å²) in [6.45, 7) is 2.10. The van der Waals surface area contributed by atoms with Gasteiger partial charge in [-0.25, -0.2) is 19.6 Å². The molecule has 0 saturated carbocycles. The number of nitrogens with one attached hydrogen (secondary N) is 2. The second kappa shape index (κ2) is 9.32. The van der Waals surface area contributed by atoms with Crippen LogP contribution in [0.15, 0.2) is 60.9 Å². The summed E-state index contributed by atoms with van der Waals surface area (Å²) in [6.07, 6.45) is 1.43. The van der Waals surface area contributed by atoms with E-state index in [9.17, 15) is 9.59 Å². The Morgan fingerprint density at radius 1 is 0.828 bits per heavy atom. The number of carbonyl (C=O) groups excluding carboxylic acids is 2. The molecule has 8 heteroatoms. The molecule has 3 rings (SSSR count). The zero-order valence-corrected chi connectivity index (χ0v) is 16.0. The van der Waals surface area contributed by atoms with Crippen molar-refractivity contribution in [1.29, 1.82) is 0 Å². The van der Waals surface area contributed by atoms with Gasteiger partial charge in [0, 0.05) is 17.4 Å². The van der Waals surface area contributed by atoms with Crippen LogP contribution in [-0.2, 0) is 9.47 Å². The van der Waals surface area contributed by atoms with E-state index in [-0.39, 0.29) is 11.9 Å². The van der Waals surface area contributed by atoms with Crippen LogP contribution in [0.25, 0.3) is 0 Å². The number of esters is 2. The summed E-state index contributed by atoms with van der Waals surface area (Å²) in [5, 5.41) is 6.30. The Morgan fingerprint density at radius 3 is 1.76 bits per heavy atom. The van der Waals surface area contributed by atoms with E-state index in [0.29, 0.717) is 29.4 Å². The molecule has 29 heavy (non-hydrogen) atoms. The van der Waals surface area contributed by atoms with Gasteiger partial charge in [-0.1, -0.05) is 0 Å². The zero-order valence-electron chi connectivity index (χ0n) is 16.0. The largest absolute Gasteiger partial charge is 0.465 e. The van der Waals surface area contributed by atoms with E-state index >= 15 is 0 Å². The molecular formula is C21H20N4O4. The normalized spacial score (nSPS) is 10.1. The van der Waals surface area contributed by atoms with Gasteiger partial charge in [0.2, 0.25) is 0 Å². The molecule has 0 amide bonds. The Morgan fingerprint density at radius 2 is 1.31 bits per heavy atom. The van der Waals surface area contributed by atoms with Crippen LogP contribution in [0.5, 0.6) is 0 Å². The molecule has 0 radical (unpaired) electrons. The van der Waals surface area contributed by atoms with Crippen LogP contribution in [0.1, 0.15) is 27.6 Å². The van der Waals surface area contributed by atoms with Crippen LogP contribution in [-0.4, -0.2) is 35.6 Å². The number of hydrogen-bond donors (Lipinski definition) is 2. The van der Waals surface area contributed by atoms with Crippen LogP contribution in [0.2, 0.25) is 0 Å². The van der Waals surface area contributed by atoms with Gasteiger partial charge in [-0.3, -0.25) is 0 Å². The Bertz CT molecular complexity index is 988. The van der Waals surface area contributed by atoms with Crippen molar-refractivity contribution in [3.05, 3.63) is 72.1 Å². The van der Waals surface area contributed by atoms with Crippen molar-refractivity contribution in [3.63, 3.8) is 0 Å². The SMILES string of the molecule is CCOC(=O)c1ccc(Nc2cc(Nc3ccc(C(=O)OC)cc3)ncn2)cc1. The van der Waals surface area contributed by atoms with Gasteiger partial charge in [0.05, 0.1) is 24.8 Å². The van der Waals surface area contributed by atoms with Gasteiger partial charge >= 0.3 is 11.9 Å². The highest BCUT2D eigenvalue weighted by Crippen LogP contribution is 2.20. The maximum absolute atomic E-state index is 11.7. The van der Waals surface area contributed by atoms with Gasteiger partial charge < -0.3 is 20.1 Å². The number of methoxy groups -OCH3 is 1.